The molecule has 2 aromatic rings. The van der Waals surface area contributed by atoms with Gasteiger partial charge in [0.2, 0.25) is 0 Å². The largest absolute Gasteiger partial charge is 0.496 e. The highest BCUT2D eigenvalue weighted by atomic mass is 19.1. The van der Waals surface area contributed by atoms with E-state index < -0.39 is 0 Å². The average molecular weight is 271 g/mol. The summed E-state index contributed by atoms with van der Waals surface area (Å²) in [4.78, 5) is 0. The fourth-order valence-electron chi connectivity index (χ4n) is 2.88. The number of aryl methyl sites for hydroxylation is 2. The maximum atomic E-state index is 14.0. The zero-order valence-corrected chi connectivity index (χ0v) is 12.0. The van der Waals surface area contributed by atoms with Gasteiger partial charge in [-0.1, -0.05) is 23.8 Å². The first-order valence-corrected chi connectivity index (χ1v) is 6.79. The Morgan fingerprint density at radius 2 is 2.00 bits per heavy atom. The molecule has 0 aliphatic carbocycles. The Hall–Kier alpha value is -2.03. The van der Waals surface area contributed by atoms with E-state index in [4.69, 9.17) is 4.74 Å². The predicted molar refractivity (Wildman–Crippen MR) is 78.9 cm³/mol. The highest BCUT2D eigenvalue weighted by molar-refractivity contribution is 5.64. The summed E-state index contributed by atoms with van der Waals surface area (Å²) in [6, 6.07) is 9.53. The van der Waals surface area contributed by atoms with Gasteiger partial charge in [0, 0.05) is 23.2 Å². The van der Waals surface area contributed by atoms with Gasteiger partial charge in [0.1, 0.15) is 11.6 Å². The molecule has 0 radical (unpaired) electrons. The molecule has 0 aromatic heterocycles. The third-order valence-corrected chi connectivity index (χ3v) is 3.95. The lowest BCUT2D eigenvalue weighted by Gasteiger charge is -2.16. The van der Waals surface area contributed by atoms with Gasteiger partial charge in [-0.3, -0.25) is 0 Å². The monoisotopic (exact) mass is 271 g/mol. The second kappa shape index (κ2) is 4.82. The molecule has 1 atom stereocenters. The van der Waals surface area contributed by atoms with Crippen molar-refractivity contribution in [2.45, 2.75) is 26.3 Å². The van der Waals surface area contributed by atoms with Crippen LogP contribution >= 0.6 is 0 Å². The molecule has 0 amide bonds. The van der Waals surface area contributed by atoms with Crippen LogP contribution in [0, 0.1) is 19.7 Å². The number of benzene rings is 2. The van der Waals surface area contributed by atoms with E-state index >= 15 is 0 Å². The number of rotatable bonds is 2. The van der Waals surface area contributed by atoms with Gasteiger partial charge >= 0.3 is 0 Å². The molecule has 3 heteroatoms. The van der Waals surface area contributed by atoms with Crippen LogP contribution < -0.4 is 10.1 Å². The molecule has 2 aromatic carbocycles. The van der Waals surface area contributed by atoms with Crippen LogP contribution in [0.3, 0.4) is 0 Å². The molecule has 0 spiro atoms. The Morgan fingerprint density at radius 3 is 2.70 bits per heavy atom. The van der Waals surface area contributed by atoms with Crippen LogP contribution in [0.2, 0.25) is 0 Å². The van der Waals surface area contributed by atoms with E-state index in [1.165, 1.54) is 5.56 Å². The highest BCUT2D eigenvalue weighted by Gasteiger charge is 2.28. The number of methoxy groups -OCH3 is 1. The summed E-state index contributed by atoms with van der Waals surface area (Å²) in [6.45, 7) is 4.05. The molecular weight excluding hydrogens is 253 g/mol. The van der Waals surface area contributed by atoms with Crippen molar-refractivity contribution in [2.24, 2.45) is 0 Å². The molecule has 3 rings (SSSR count). The zero-order chi connectivity index (χ0) is 14.3. The van der Waals surface area contributed by atoms with E-state index in [-0.39, 0.29) is 11.9 Å². The second-order valence-electron chi connectivity index (χ2n) is 5.36. The van der Waals surface area contributed by atoms with Gasteiger partial charge in [-0.05, 0) is 31.5 Å². The Labute approximate surface area is 118 Å². The summed E-state index contributed by atoms with van der Waals surface area (Å²) >= 11 is 0. The second-order valence-corrected chi connectivity index (χ2v) is 5.36. The molecule has 104 valence electrons. The molecule has 1 heterocycles. The third-order valence-electron chi connectivity index (χ3n) is 3.95. The van der Waals surface area contributed by atoms with Crippen LogP contribution in [0.1, 0.15) is 28.3 Å². The van der Waals surface area contributed by atoms with Crippen LogP contribution in [0.25, 0.3) is 0 Å². The fourth-order valence-corrected chi connectivity index (χ4v) is 2.88. The molecule has 0 fully saturated rings. The van der Waals surface area contributed by atoms with Crippen molar-refractivity contribution >= 4 is 5.69 Å². The quantitative estimate of drug-likeness (QED) is 0.885. The minimum absolute atomic E-state index is 0.0652. The normalized spacial score (nSPS) is 16.7. The zero-order valence-electron chi connectivity index (χ0n) is 12.0. The molecule has 0 saturated heterocycles. The lowest BCUT2D eigenvalue weighted by molar-refractivity contribution is 0.407. The first-order chi connectivity index (χ1) is 9.60. The van der Waals surface area contributed by atoms with Crippen LogP contribution in [0.15, 0.2) is 30.3 Å². The summed E-state index contributed by atoms with van der Waals surface area (Å²) in [5, 5.41) is 3.44. The maximum absolute atomic E-state index is 14.0. The molecule has 1 unspecified atom stereocenters. The summed E-state index contributed by atoms with van der Waals surface area (Å²) in [6.07, 6.45) is 0.655. The van der Waals surface area contributed by atoms with E-state index in [2.05, 4.69) is 18.3 Å². The van der Waals surface area contributed by atoms with Gasteiger partial charge in [0.25, 0.3) is 0 Å². The molecule has 1 N–H and O–H groups in total. The predicted octanol–water partition coefficient (Wildman–Crippen LogP) is 4.16. The van der Waals surface area contributed by atoms with E-state index in [0.29, 0.717) is 6.42 Å². The minimum Gasteiger partial charge on any atom is -0.496 e. The van der Waals surface area contributed by atoms with Gasteiger partial charge < -0.3 is 10.1 Å². The number of halogens is 1. The molecule has 1 aliphatic rings. The van der Waals surface area contributed by atoms with Crippen molar-refractivity contribution in [1.82, 2.24) is 0 Å². The Bertz CT molecular complexity index is 635. The van der Waals surface area contributed by atoms with E-state index in [1.807, 2.05) is 25.1 Å². The van der Waals surface area contributed by atoms with Crippen molar-refractivity contribution in [2.75, 3.05) is 12.4 Å². The Kier molecular flexibility index (Phi) is 3.13. The van der Waals surface area contributed by atoms with Crippen molar-refractivity contribution in [3.63, 3.8) is 0 Å². The maximum Gasteiger partial charge on any atom is 0.128 e. The van der Waals surface area contributed by atoms with Crippen LogP contribution in [0.4, 0.5) is 10.1 Å². The van der Waals surface area contributed by atoms with E-state index in [0.717, 1.165) is 28.1 Å². The van der Waals surface area contributed by atoms with Crippen molar-refractivity contribution < 1.29 is 9.13 Å². The first-order valence-electron chi connectivity index (χ1n) is 6.79. The number of fused-ring (bicyclic) bond motifs is 1. The number of hydrogen-bond donors (Lipinski definition) is 1. The summed E-state index contributed by atoms with van der Waals surface area (Å²) in [5.41, 5.74) is 5.05. The fraction of sp³-hybridized carbons (Fsp3) is 0.294. The number of nitrogens with one attached hydrogen (secondary N) is 1. The molecule has 2 nitrogen and oxygen atoms in total. The van der Waals surface area contributed by atoms with Crippen molar-refractivity contribution in [3.8, 4) is 5.75 Å². The standard InChI is InChI=1S/C17H18FNO/c1-10-4-7-16(20-3)13(8-10)15-9-12-14(18)6-5-11(2)17(12)19-15/h4-8,15,19H,9H2,1-3H3. The number of ether oxygens (including phenoxy) is 1. The van der Waals surface area contributed by atoms with Gasteiger partial charge in [-0.15, -0.1) is 0 Å². The number of hydrogen-bond acceptors (Lipinski definition) is 2. The van der Waals surface area contributed by atoms with Crippen LogP contribution in [-0.2, 0) is 6.42 Å². The molecule has 20 heavy (non-hydrogen) atoms. The number of anilines is 1. The highest BCUT2D eigenvalue weighted by Crippen LogP contribution is 2.40. The molecule has 0 saturated carbocycles. The average Bonchev–Trinajstić information content (AvgIpc) is 2.89. The Morgan fingerprint density at radius 1 is 1.20 bits per heavy atom. The third kappa shape index (κ3) is 2.03. The lowest BCUT2D eigenvalue weighted by Crippen LogP contribution is -2.08. The topological polar surface area (TPSA) is 21.3 Å². The van der Waals surface area contributed by atoms with Crippen molar-refractivity contribution in [1.29, 1.82) is 0 Å². The minimum atomic E-state index is -0.132. The molecule has 1 aliphatic heterocycles. The van der Waals surface area contributed by atoms with Gasteiger partial charge in [0.15, 0.2) is 0 Å². The lowest BCUT2D eigenvalue weighted by atomic mass is 9.99. The van der Waals surface area contributed by atoms with Crippen molar-refractivity contribution in [3.05, 3.63) is 58.4 Å². The first kappa shape index (κ1) is 13.0. The van der Waals surface area contributed by atoms with Crippen LogP contribution in [-0.4, -0.2) is 7.11 Å². The summed E-state index contributed by atoms with van der Waals surface area (Å²) in [7, 11) is 1.67. The van der Waals surface area contributed by atoms with E-state index in [9.17, 15) is 4.39 Å². The SMILES string of the molecule is COc1ccc(C)cc1C1Cc2c(F)ccc(C)c2N1. The Balaban J connectivity index is 2.02. The van der Waals surface area contributed by atoms with Gasteiger partial charge in [-0.2, -0.15) is 0 Å². The smallest absolute Gasteiger partial charge is 0.128 e. The van der Waals surface area contributed by atoms with Crippen LogP contribution in [0.5, 0.6) is 5.75 Å². The molecule has 0 bridgehead atoms. The van der Waals surface area contributed by atoms with Gasteiger partial charge in [-0.25, -0.2) is 4.39 Å². The summed E-state index contributed by atoms with van der Waals surface area (Å²) in [5.74, 6) is 0.714. The van der Waals surface area contributed by atoms with Gasteiger partial charge in [0.05, 0.1) is 13.2 Å². The van der Waals surface area contributed by atoms with E-state index in [1.54, 1.807) is 13.2 Å². The summed E-state index contributed by atoms with van der Waals surface area (Å²) < 4.78 is 19.4. The molecular formula is C17H18FNO.